The van der Waals surface area contributed by atoms with Gasteiger partial charge >= 0.3 is 6.03 Å². The van der Waals surface area contributed by atoms with Crippen molar-refractivity contribution in [1.82, 2.24) is 15.5 Å². The molecular weight excluding hydrogens is 296 g/mol. The van der Waals surface area contributed by atoms with Crippen LogP contribution in [0.25, 0.3) is 0 Å². The monoisotopic (exact) mass is 318 g/mol. The number of amides is 4. The molecule has 0 spiro atoms. The molecule has 0 aromatic heterocycles. The molecule has 1 aromatic carbocycles. The van der Waals surface area contributed by atoms with Crippen LogP contribution in [0, 0.1) is 0 Å². The third-order valence-corrected chi connectivity index (χ3v) is 3.70. The van der Waals surface area contributed by atoms with Crippen molar-refractivity contribution in [3.63, 3.8) is 0 Å². The van der Waals surface area contributed by atoms with Crippen molar-refractivity contribution in [3.8, 4) is 0 Å². The second-order valence-electron chi connectivity index (χ2n) is 5.61. The summed E-state index contributed by atoms with van der Waals surface area (Å²) < 4.78 is 0. The van der Waals surface area contributed by atoms with Gasteiger partial charge in [0.15, 0.2) is 0 Å². The number of benzene rings is 1. The molecule has 1 saturated heterocycles. The van der Waals surface area contributed by atoms with Gasteiger partial charge in [-0.2, -0.15) is 0 Å². The lowest BCUT2D eigenvalue weighted by Gasteiger charge is -2.17. The molecule has 7 nitrogen and oxygen atoms in total. The van der Waals surface area contributed by atoms with Gasteiger partial charge in [0.2, 0.25) is 11.8 Å². The van der Waals surface area contributed by atoms with Crippen LogP contribution in [-0.4, -0.2) is 56.0 Å². The number of carbonyl (C=O) groups excluding carboxylic acids is 3. The molecule has 2 rings (SSSR count). The number of para-hydroxylation sites is 1. The Balaban J connectivity index is 1.79. The van der Waals surface area contributed by atoms with Gasteiger partial charge in [-0.05, 0) is 18.6 Å². The Hall–Kier alpha value is -2.57. The third-order valence-electron chi connectivity index (χ3n) is 3.70. The van der Waals surface area contributed by atoms with Crippen LogP contribution in [0.5, 0.6) is 0 Å². The lowest BCUT2D eigenvalue weighted by Crippen LogP contribution is -2.46. The molecule has 1 aliphatic heterocycles. The Bertz CT molecular complexity index is 574. The quantitative estimate of drug-likeness (QED) is 0.833. The highest BCUT2D eigenvalue weighted by molar-refractivity contribution is 6.01. The van der Waals surface area contributed by atoms with Crippen LogP contribution in [0.1, 0.15) is 12.8 Å². The van der Waals surface area contributed by atoms with Crippen LogP contribution in [0.15, 0.2) is 30.3 Å². The molecule has 0 bridgehead atoms. The highest BCUT2D eigenvalue weighted by Crippen LogP contribution is 2.20. The fraction of sp³-hybridized carbons (Fsp3) is 0.438. The minimum Gasteiger partial charge on any atom is -0.349 e. The van der Waals surface area contributed by atoms with E-state index < -0.39 is 12.1 Å². The zero-order valence-corrected chi connectivity index (χ0v) is 13.4. The molecule has 1 unspecified atom stereocenters. The van der Waals surface area contributed by atoms with Crippen LogP contribution in [0.4, 0.5) is 10.5 Å². The van der Waals surface area contributed by atoms with Crippen LogP contribution in [0.3, 0.4) is 0 Å². The van der Waals surface area contributed by atoms with Crippen LogP contribution >= 0.6 is 0 Å². The van der Waals surface area contributed by atoms with E-state index in [0.717, 1.165) is 5.69 Å². The first-order valence-electron chi connectivity index (χ1n) is 7.60. The number of nitrogens with one attached hydrogen (secondary N) is 2. The van der Waals surface area contributed by atoms with Gasteiger partial charge in [-0.1, -0.05) is 18.2 Å². The first-order valence-corrected chi connectivity index (χ1v) is 7.60. The van der Waals surface area contributed by atoms with Gasteiger partial charge in [0.25, 0.3) is 0 Å². The number of hydrogen-bond donors (Lipinski definition) is 2. The fourth-order valence-corrected chi connectivity index (χ4v) is 2.39. The van der Waals surface area contributed by atoms with E-state index in [2.05, 4.69) is 10.6 Å². The van der Waals surface area contributed by atoms with Gasteiger partial charge in [0, 0.05) is 39.3 Å². The van der Waals surface area contributed by atoms with Gasteiger partial charge < -0.3 is 20.4 Å². The Morgan fingerprint density at radius 1 is 1.26 bits per heavy atom. The van der Waals surface area contributed by atoms with Crippen LogP contribution in [-0.2, 0) is 9.59 Å². The molecule has 124 valence electrons. The Labute approximate surface area is 135 Å². The summed E-state index contributed by atoms with van der Waals surface area (Å²) in [7, 11) is 3.33. The zero-order valence-electron chi connectivity index (χ0n) is 13.4. The lowest BCUT2D eigenvalue weighted by molar-refractivity contribution is -0.128. The number of carbonyl (C=O) groups is 3. The van der Waals surface area contributed by atoms with E-state index in [9.17, 15) is 14.4 Å². The summed E-state index contributed by atoms with van der Waals surface area (Å²) in [4.78, 5) is 38.7. The van der Waals surface area contributed by atoms with E-state index in [4.69, 9.17) is 0 Å². The molecule has 23 heavy (non-hydrogen) atoms. The summed E-state index contributed by atoms with van der Waals surface area (Å²) >= 11 is 0. The summed E-state index contributed by atoms with van der Waals surface area (Å²) in [6, 6.07) is 8.42. The van der Waals surface area contributed by atoms with Crippen molar-refractivity contribution < 1.29 is 14.4 Å². The van der Waals surface area contributed by atoms with E-state index in [0.29, 0.717) is 13.0 Å². The minimum atomic E-state index is -0.528. The van der Waals surface area contributed by atoms with Gasteiger partial charge in [-0.25, -0.2) is 4.79 Å². The highest BCUT2D eigenvalue weighted by Gasteiger charge is 2.33. The molecule has 0 saturated carbocycles. The maximum absolute atomic E-state index is 12.3. The SMILES string of the molecule is CN(C)C(=O)CCNC(=O)NC1CCN(c2ccccc2)C1=O. The van der Waals surface area contributed by atoms with E-state index in [-0.39, 0.29) is 24.8 Å². The second-order valence-corrected chi connectivity index (χ2v) is 5.61. The largest absolute Gasteiger partial charge is 0.349 e. The van der Waals surface area contributed by atoms with E-state index >= 15 is 0 Å². The molecule has 1 aliphatic rings. The third kappa shape index (κ3) is 4.45. The van der Waals surface area contributed by atoms with Gasteiger partial charge in [-0.3, -0.25) is 9.59 Å². The number of hydrogen-bond acceptors (Lipinski definition) is 3. The summed E-state index contributed by atoms with van der Waals surface area (Å²) in [6.45, 7) is 0.819. The first-order chi connectivity index (χ1) is 11.0. The maximum atomic E-state index is 12.3. The lowest BCUT2D eigenvalue weighted by atomic mass is 10.2. The molecule has 1 atom stereocenters. The van der Waals surface area contributed by atoms with Crippen LogP contribution < -0.4 is 15.5 Å². The van der Waals surface area contributed by atoms with Crippen molar-refractivity contribution in [2.24, 2.45) is 0 Å². The van der Waals surface area contributed by atoms with Gasteiger partial charge in [-0.15, -0.1) is 0 Å². The smallest absolute Gasteiger partial charge is 0.315 e. The molecule has 1 heterocycles. The van der Waals surface area contributed by atoms with E-state index in [1.807, 2.05) is 30.3 Å². The molecule has 0 radical (unpaired) electrons. The molecule has 0 aliphatic carbocycles. The average molecular weight is 318 g/mol. The predicted molar refractivity (Wildman–Crippen MR) is 87.0 cm³/mol. The highest BCUT2D eigenvalue weighted by atomic mass is 16.2. The summed E-state index contributed by atoms with van der Waals surface area (Å²) in [6.07, 6.45) is 0.799. The van der Waals surface area contributed by atoms with Crippen molar-refractivity contribution in [1.29, 1.82) is 0 Å². The Kier molecular flexibility index (Phi) is 5.56. The summed E-state index contributed by atoms with van der Waals surface area (Å²) in [5, 5.41) is 5.27. The summed E-state index contributed by atoms with van der Waals surface area (Å²) in [5.41, 5.74) is 0.832. The minimum absolute atomic E-state index is 0.0579. The van der Waals surface area contributed by atoms with Gasteiger partial charge in [0.1, 0.15) is 6.04 Å². The van der Waals surface area contributed by atoms with E-state index in [1.54, 1.807) is 19.0 Å². The number of urea groups is 1. The number of anilines is 1. The Morgan fingerprint density at radius 2 is 1.96 bits per heavy atom. The summed E-state index contributed by atoms with van der Waals surface area (Å²) in [5.74, 6) is -0.173. The molecule has 1 aromatic rings. The van der Waals surface area contributed by atoms with E-state index in [1.165, 1.54) is 4.90 Å². The molecule has 4 amide bonds. The molecule has 7 heteroatoms. The Morgan fingerprint density at radius 3 is 2.61 bits per heavy atom. The first kappa shape index (κ1) is 16.8. The average Bonchev–Trinajstić information content (AvgIpc) is 2.89. The van der Waals surface area contributed by atoms with Crippen LogP contribution in [0.2, 0.25) is 0 Å². The molecular formula is C16H22N4O3. The van der Waals surface area contributed by atoms with Crippen molar-refractivity contribution in [2.45, 2.75) is 18.9 Å². The predicted octanol–water partition coefficient (Wildman–Crippen LogP) is 0.569. The topological polar surface area (TPSA) is 81.8 Å². The molecule has 2 N–H and O–H groups in total. The second kappa shape index (κ2) is 7.62. The van der Waals surface area contributed by atoms with Crippen molar-refractivity contribution in [3.05, 3.63) is 30.3 Å². The van der Waals surface area contributed by atoms with Gasteiger partial charge in [0.05, 0.1) is 0 Å². The standard InChI is InChI=1S/C16H22N4O3/c1-19(2)14(21)8-10-17-16(23)18-13-9-11-20(15(13)22)12-6-4-3-5-7-12/h3-7,13H,8-11H2,1-2H3,(H2,17,18,23). The fourth-order valence-electron chi connectivity index (χ4n) is 2.39. The normalized spacial score (nSPS) is 17.0. The maximum Gasteiger partial charge on any atom is 0.315 e. The zero-order chi connectivity index (χ0) is 16.8. The number of nitrogens with zero attached hydrogens (tertiary/aromatic N) is 2. The molecule has 1 fully saturated rings. The number of rotatable bonds is 5. The van der Waals surface area contributed by atoms with Crippen molar-refractivity contribution >= 4 is 23.5 Å². The van der Waals surface area contributed by atoms with Crippen molar-refractivity contribution in [2.75, 3.05) is 32.1 Å².